The third-order valence-electron chi connectivity index (χ3n) is 2.06. The number of hydrogen-bond donors (Lipinski definition) is 0. The van der Waals surface area contributed by atoms with E-state index in [-0.39, 0.29) is 6.10 Å². The van der Waals surface area contributed by atoms with Crippen molar-refractivity contribution in [1.82, 2.24) is 0 Å². The minimum atomic E-state index is -0.553. The lowest BCUT2D eigenvalue weighted by Gasteiger charge is -2.33. The second-order valence-corrected chi connectivity index (χ2v) is 4.07. The first-order valence-corrected chi connectivity index (χ1v) is 4.88. The van der Waals surface area contributed by atoms with Gasteiger partial charge in [0.05, 0.1) is 10.2 Å². The van der Waals surface area contributed by atoms with Crippen LogP contribution < -0.4 is 0 Å². The van der Waals surface area contributed by atoms with Crippen molar-refractivity contribution in [3.8, 4) is 0 Å². The molecular formula is C8H18O3Si. The Labute approximate surface area is 77.1 Å². The van der Waals surface area contributed by atoms with Crippen LogP contribution in [-0.2, 0) is 14.2 Å². The van der Waals surface area contributed by atoms with Crippen LogP contribution in [0.3, 0.4) is 0 Å². The molecule has 0 aliphatic carbocycles. The second kappa shape index (κ2) is 5.48. The van der Waals surface area contributed by atoms with Gasteiger partial charge in [-0.1, -0.05) is 6.08 Å². The van der Waals surface area contributed by atoms with Crippen molar-refractivity contribution in [2.75, 3.05) is 21.3 Å². The summed E-state index contributed by atoms with van der Waals surface area (Å²) >= 11 is 0. The van der Waals surface area contributed by atoms with Gasteiger partial charge >= 0.3 is 0 Å². The summed E-state index contributed by atoms with van der Waals surface area (Å²) in [5.74, 6) is 0. The molecule has 0 bridgehead atoms. The van der Waals surface area contributed by atoms with Gasteiger partial charge in [-0.05, 0) is 6.42 Å². The third kappa shape index (κ3) is 2.71. The summed E-state index contributed by atoms with van der Waals surface area (Å²) in [5, 5.41) is 0. The van der Waals surface area contributed by atoms with Crippen LogP contribution in [0, 0.1) is 0 Å². The van der Waals surface area contributed by atoms with Crippen LogP contribution in [-0.4, -0.2) is 43.1 Å². The highest BCUT2D eigenvalue weighted by Gasteiger charge is 2.32. The molecule has 1 atom stereocenters. The van der Waals surface area contributed by atoms with Gasteiger partial charge in [-0.15, -0.1) is 6.58 Å². The summed E-state index contributed by atoms with van der Waals surface area (Å²) in [6.45, 7) is 3.65. The molecule has 4 heteroatoms. The van der Waals surface area contributed by atoms with E-state index in [1.54, 1.807) is 27.4 Å². The zero-order valence-corrected chi connectivity index (χ0v) is 10.3. The SMILES string of the molecule is C=CCC(OC)C([SiH3])(OC)OC. The molecule has 0 heterocycles. The summed E-state index contributed by atoms with van der Waals surface area (Å²) in [4.78, 5) is 0. The highest BCUT2D eigenvalue weighted by atomic mass is 28.1. The fourth-order valence-electron chi connectivity index (χ4n) is 1.02. The lowest BCUT2D eigenvalue weighted by atomic mass is 10.2. The Hall–Kier alpha value is -0.163. The van der Waals surface area contributed by atoms with Crippen LogP contribution in [0.25, 0.3) is 0 Å². The fraction of sp³-hybridized carbons (Fsp3) is 0.750. The molecule has 0 saturated heterocycles. The van der Waals surface area contributed by atoms with Crippen LogP contribution in [0.2, 0.25) is 0 Å². The van der Waals surface area contributed by atoms with Gasteiger partial charge < -0.3 is 14.2 Å². The van der Waals surface area contributed by atoms with E-state index in [4.69, 9.17) is 14.2 Å². The molecule has 1 unspecified atom stereocenters. The van der Waals surface area contributed by atoms with Gasteiger partial charge in [0.25, 0.3) is 0 Å². The van der Waals surface area contributed by atoms with Gasteiger partial charge in [0.2, 0.25) is 0 Å². The number of ether oxygens (including phenoxy) is 3. The molecule has 0 aromatic carbocycles. The molecule has 0 aromatic heterocycles. The summed E-state index contributed by atoms with van der Waals surface area (Å²) in [6.07, 6.45) is 2.48. The first-order chi connectivity index (χ1) is 5.64. The predicted molar refractivity (Wildman–Crippen MR) is 52.3 cm³/mol. The Morgan fingerprint density at radius 3 is 2.17 bits per heavy atom. The minimum Gasteiger partial charge on any atom is -0.376 e. The molecule has 0 rings (SSSR count). The van der Waals surface area contributed by atoms with Gasteiger partial charge in [-0.3, -0.25) is 0 Å². The summed E-state index contributed by atoms with van der Waals surface area (Å²) in [6, 6.07) is 0. The number of hydrogen-bond acceptors (Lipinski definition) is 3. The largest absolute Gasteiger partial charge is 0.376 e. The van der Waals surface area contributed by atoms with Crippen LogP contribution in [0.4, 0.5) is 0 Å². The number of rotatable bonds is 6. The highest BCUT2D eigenvalue weighted by molar-refractivity contribution is 6.13. The standard InChI is InChI=1S/C8H18O3Si/c1-5-6-7(9-2)8(12,10-3)11-4/h5,7H,1,6H2,2-4,12H3. The van der Waals surface area contributed by atoms with Crippen LogP contribution >= 0.6 is 0 Å². The number of methoxy groups -OCH3 is 3. The Kier molecular flexibility index (Phi) is 5.40. The molecule has 0 saturated carbocycles. The van der Waals surface area contributed by atoms with Crippen molar-refractivity contribution >= 4 is 10.2 Å². The monoisotopic (exact) mass is 190 g/mol. The second-order valence-electron chi connectivity index (χ2n) is 2.67. The average molecular weight is 190 g/mol. The van der Waals surface area contributed by atoms with Gasteiger partial charge in [0.1, 0.15) is 6.10 Å². The van der Waals surface area contributed by atoms with Crippen molar-refractivity contribution in [2.24, 2.45) is 0 Å². The maximum atomic E-state index is 5.26. The van der Waals surface area contributed by atoms with Gasteiger partial charge in [0.15, 0.2) is 5.41 Å². The average Bonchev–Trinajstić information content (AvgIpc) is 2.13. The third-order valence-corrected chi connectivity index (χ3v) is 3.52. The maximum Gasteiger partial charge on any atom is 0.166 e. The molecule has 0 aliphatic heterocycles. The maximum absolute atomic E-state index is 5.26. The molecule has 12 heavy (non-hydrogen) atoms. The van der Waals surface area contributed by atoms with E-state index < -0.39 is 5.41 Å². The Morgan fingerprint density at radius 1 is 1.42 bits per heavy atom. The molecule has 3 nitrogen and oxygen atoms in total. The van der Waals surface area contributed by atoms with Crippen LogP contribution in [0.5, 0.6) is 0 Å². The Balaban J connectivity index is 4.31. The van der Waals surface area contributed by atoms with Gasteiger partial charge in [-0.25, -0.2) is 0 Å². The quantitative estimate of drug-likeness (QED) is 0.332. The fourth-order valence-corrected chi connectivity index (χ4v) is 1.49. The van der Waals surface area contributed by atoms with E-state index in [0.717, 1.165) is 16.7 Å². The van der Waals surface area contributed by atoms with Crippen molar-refractivity contribution in [1.29, 1.82) is 0 Å². The minimum absolute atomic E-state index is 0.0586. The van der Waals surface area contributed by atoms with E-state index in [2.05, 4.69) is 6.58 Å². The van der Waals surface area contributed by atoms with Crippen molar-refractivity contribution in [3.63, 3.8) is 0 Å². The van der Waals surface area contributed by atoms with Crippen LogP contribution in [0.15, 0.2) is 12.7 Å². The summed E-state index contributed by atoms with van der Waals surface area (Å²) in [5.41, 5.74) is -0.553. The van der Waals surface area contributed by atoms with E-state index in [9.17, 15) is 0 Å². The zero-order chi connectivity index (χ0) is 9.61. The van der Waals surface area contributed by atoms with Gasteiger partial charge in [0, 0.05) is 21.3 Å². The molecule has 0 aromatic rings. The van der Waals surface area contributed by atoms with E-state index in [1.165, 1.54) is 0 Å². The predicted octanol–water partition coefficient (Wildman–Crippen LogP) is -0.111. The highest BCUT2D eigenvalue weighted by Crippen LogP contribution is 2.17. The lowest BCUT2D eigenvalue weighted by molar-refractivity contribution is -0.206. The lowest BCUT2D eigenvalue weighted by Crippen LogP contribution is -2.47. The van der Waals surface area contributed by atoms with E-state index >= 15 is 0 Å². The smallest absolute Gasteiger partial charge is 0.166 e. The summed E-state index contributed by atoms with van der Waals surface area (Å²) < 4.78 is 15.8. The normalized spacial score (nSPS) is 14.6. The van der Waals surface area contributed by atoms with Crippen molar-refractivity contribution < 1.29 is 14.2 Å². The molecule has 0 amide bonds. The molecular weight excluding hydrogens is 172 g/mol. The summed E-state index contributed by atoms with van der Waals surface area (Å²) in [7, 11) is 5.67. The zero-order valence-electron chi connectivity index (χ0n) is 8.29. The van der Waals surface area contributed by atoms with E-state index in [1.807, 2.05) is 0 Å². The van der Waals surface area contributed by atoms with E-state index in [0.29, 0.717) is 0 Å². The molecule has 0 N–H and O–H groups in total. The van der Waals surface area contributed by atoms with Crippen LogP contribution in [0.1, 0.15) is 6.42 Å². The first kappa shape index (κ1) is 11.8. The van der Waals surface area contributed by atoms with Crippen molar-refractivity contribution in [3.05, 3.63) is 12.7 Å². The topological polar surface area (TPSA) is 27.7 Å². The molecule has 0 fully saturated rings. The Morgan fingerprint density at radius 2 is 1.92 bits per heavy atom. The Bertz CT molecular complexity index is 134. The molecule has 0 radical (unpaired) electrons. The molecule has 0 aliphatic rings. The molecule has 0 spiro atoms. The first-order valence-electron chi connectivity index (χ1n) is 3.88. The molecule has 72 valence electrons. The van der Waals surface area contributed by atoms with Crippen molar-refractivity contribution in [2.45, 2.75) is 17.9 Å². The van der Waals surface area contributed by atoms with Gasteiger partial charge in [-0.2, -0.15) is 0 Å².